The first-order chi connectivity index (χ1) is 9.13. The van der Waals surface area contributed by atoms with Crippen LogP contribution in [0.4, 0.5) is 11.5 Å². The van der Waals surface area contributed by atoms with Gasteiger partial charge in [-0.1, -0.05) is 0 Å². The van der Waals surface area contributed by atoms with Crippen molar-refractivity contribution >= 4 is 23.4 Å². The largest absolute Gasteiger partial charge is 0.465 e. The molecule has 0 bridgehead atoms. The predicted octanol–water partition coefficient (Wildman–Crippen LogP) is 0.141. The molecule has 1 aliphatic heterocycles. The summed E-state index contributed by atoms with van der Waals surface area (Å²) < 4.78 is 4.63. The maximum atomic E-state index is 11.7. The minimum atomic E-state index is -0.531. The number of hydrogen-bond donors (Lipinski definition) is 3. The molecule has 19 heavy (non-hydrogen) atoms. The lowest BCUT2D eigenvalue weighted by molar-refractivity contribution is -0.123. The smallest absolute Gasteiger partial charge is 0.340 e. The number of nitrogens with one attached hydrogen (secondary N) is 2. The van der Waals surface area contributed by atoms with Gasteiger partial charge in [0.15, 0.2) is 5.82 Å². The SMILES string of the molecule is COC(=O)c1ccnc(NC2CCCNC2=O)c1N. The number of rotatable bonds is 3. The Bertz CT molecular complexity index is 504. The zero-order valence-electron chi connectivity index (χ0n) is 10.6. The summed E-state index contributed by atoms with van der Waals surface area (Å²) in [5, 5.41) is 5.72. The molecule has 1 saturated heterocycles. The third-order valence-electron chi connectivity index (χ3n) is 2.99. The van der Waals surface area contributed by atoms with Gasteiger partial charge in [-0.2, -0.15) is 0 Å². The van der Waals surface area contributed by atoms with E-state index in [1.165, 1.54) is 19.4 Å². The molecule has 2 rings (SSSR count). The molecule has 4 N–H and O–H groups in total. The van der Waals surface area contributed by atoms with Gasteiger partial charge in [0.05, 0.1) is 18.4 Å². The van der Waals surface area contributed by atoms with Gasteiger partial charge in [0, 0.05) is 12.7 Å². The molecule has 102 valence electrons. The van der Waals surface area contributed by atoms with Crippen LogP contribution < -0.4 is 16.4 Å². The van der Waals surface area contributed by atoms with Crippen molar-refractivity contribution in [2.45, 2.75) is 18.9 Å². The highest BCUT2D eigenvalue weighted by atomic mass is 16.5. The van der Waals surface area contributed by atoms with E-state index in [4.69, 9.17) is 5.73 Å². The van der Waals surface area contributed by atoms with Gasteiger partial charge in [-0.15, -0.1) is 0 Å². The molecule has 0 radical (unpaired) electrons. The van der Waals surface area contributed by atoms with Gasteiger partial charge in [0.1, 0.15) is 6.04 Å². The van der Waals surface area contributed by atoms with Gasteiger partial charge in [0.2, 0.25) is 5.91 Å². The van der Waals surface area contributed by atoms with Crippen LogP contribution in [0.1, 0.15) is 23.2 Å². The van der Waals surface area contributed by atoms with Crippen molar-refractivity contribution in [3.8, 4) is 0 Å². The van der Waals surface area contributed by atoms with Crippen molar-refractivity contribution in [2.24, 2.45) is 0 Å². The molecule has 0 aromatic carbocycles. The number of carbonyl (C=O) groups excluding carboxylic acids is 2. The second-order valence-corrected chi connectivity index (χ2v) is 4.24. The van der Waals surface area contributed by atoms with E-state index < -0.39 is 5.97 Å². The van der Waals surface area contributed by atoms with E-state index in [1.807, 2.05) is 0 Å². The van der Waals surface area contributed by atoms with Crippen molar-refractivity contribution in [2.75, 3.05) is 24.7 Å². The number of nitrogens with two attached hydrogens (primary N) is 1. The standard InChI is InChI=1S/C12H16N4O3/c1-19-12(18)7-4-6-14-10(9(7)13)16-8-3-2-5-15-11(8)17/h4,6,8H,2-3,5,13H2,1H3,(H,14,16)(H,15,17). The number of ether oxygens (including phenoxy) is 1. The molecule has 7 heteroatoms. The summed E-state index contributed by atoms with van der Waals surface area (Å²) in [5.41, 5.74) is 6.29. The van der Waals surface area contributed by atoms with Crippen LogP contribution in [0.3, 0.4) is 0 Å². The third kappa shape index (κ3) is 2.75. The van der Waals surface area contributed by atoms with Gasteiger partial charge in [-0.3, -0.25) is 4.79 Å². The Kier molecular flexibility index (Phi) is 3.84. The molecular formula is C12H16N4O3. The van der Waals surface area contributed by atoms with Crippen LogP contribution in [-0.4, -0.2) is 36.6 Å². The fourth-order valence-electron chi connectivity index (χ4n) is 1.95. The van der Waals surface area contributed by atoms with E-state index in [0.29, 0.717) is 18.8 Å². The highest BCUT2D eigenvalue weighted by Gasteiger charge is 2.23. The predicted molar refractivity (Wildman–Crippen MR) is 69.6 cm³/mol. The Balaban J connectivity index is 2.20. The van der Waals surface area contributed by atoms with Crippen LogP contribution in [0.15, 0.2) is 12.3 Å². The van der Waals surface area contributed by atoms with Gasteiger partial charge in [0.25, 0.3) is 0 Å². The number of carbonyl (C=O) groups is 2. The Morgan fingerprint density at radius 2 is 2.42 bits per heavy atom. The van der Waals surface area contributed by atoms with Crippen LogP contribution in [0.5, 0.6) is 0 Å². The monoisotopic (exact) mass is 264 g/mol. The average Bonchev–Trinajstić information content (AvgIpc) is 2.42. The number of amides is 1. The summed E-state index contributed by atoms with van der Waals surface area (Å²) in [4.78, 5) is 27.2. The average molecular weight is 264 g/mol. The number of nitrogens with zero attached hydrogens (tertiary/aromatic N) is 1. The fourth-order valence-corrected chi connectivity index (χ4v) is 1.95. The molecule has 1 atom stereocenters. The lowest BCUT2D eigenvalue weighted by atomic mass is 10.1. The van der Waals surface area contributed by atoms with Crippen molar-refractivity contribution in [3.05, 3.63) is 17.8 Å². The van der Waals surface area contributed by atoms with E-state index in [2.05, 4.69) is 20.4 Å². The van der Waals surface area contributed by atoms with Crippen LogP contribution >= 0.6 is 0 Å². The molecule has 1 amide bonds. The van der Waals surface area contributed by atoms with E-state index in [-0.39, 0.29) is 23.2 Å². The quantitative estimate of drug-likeness (QED) is 0.670. The van der Waals surface area contributed by atoms with E-state index in [1.54, 1.807) is 0 Å². The first-order valence-corrected chi connectivity index (χ1v) is 6.00. The Morgan fingerprint density at radius 3 is 3.11 bits per heavy atom. The lowest BCUT2D eigenvalue weighted by Gasteiger charge is -2.24. The van der Waals surface area contributed by atoms with Gasteiger partial charge >= 0.3 is 5.97 Å². The number of piperidine rings is 1. The second-order valence-electron chi connectivity index (χ2n) is 4.24. The maximum Gasteiger partial charge on any atom is 0.340 e. The molecule has 7 nitrogen and oxygen atoms in total. The number of anilines is 2. The first kappa shape index (κ1) is 13.1. The van der Waals surface area contributed by atoms with Crippen molar-refractivity contribution in [1.82, 2.24) is 10.3 Å². The minimum absolute atomic E-state index is 0.0871. The van der Waals surface area contributed by atoms with Crippen molar-refractivity contribution < 1.29 is 14.3 Å². The van der Waals surface area contributed by atoms with Crippen LogP contribution in [0.2, 0.25) is 0 Å². The molecular weight excluding hydrogens is 248 g/mol. The highest BCUT2D eigenvalue weighted by molar-refractivity contribution is 5.98. The topological polar surface area (TPSA) is 106 Å². The van der Waals surface area contributed by atoms with E-state index in [9.17, 15) is 9.59 Å². The van der Waals surface area contributed by atoms with Crippen LogP contribution in [0, 0.1) is 0 Å². The number of methoxy groups -OCH3 is 1. The summed E-state index contributed by atoms with van der Waals surface area (Å²) >= 11 is 0. The molecule has 1 unspecified atom stereocenters. The number of aromatic nitrogens is 1. The minimum Gasteiger partial charge on any atom is -0.465 e. The van der Waals surface area contributed by atoms with Crippen LogP contribution in [0.25, 0.3) is 0 Å². The molecule has 2 heterocycles. The molecule has 0 spiro atoms. The third-order valence-corrected chi connectivity index (χ3v) is 2.99. The van der Waals surface area contributed by atoms with Crippen molar-refractivity contribution in [1.29, 1.82) is 0 Å². The fraction of sp³-hybridized carbons (Fsp3) is 0.417. The molecule has 1 aromatic heterocycles. The highest BCUT2D eigenvalue weighted by Crippen LogP contribution is 2.22. The summed E-state index contributed by atoms with van der Waals surface area (Å²) in [5.74, 6) is -0.295. The van der Waals surface area contributed by atoms with E-state index >= 15 is 0 Å². The van der Waals surface area contributed by atoms with Crippen LogP contribution in [-0.2, 0) is 9.53 Å². The summed E-state index contributed by atoms with van der Waals surface area (Å²) in [6.07, 6.45) is 3.04. The molecule has 0 aliphatic carbocycles. The first-order valence-electron chi connectivity index (χ1n) is 6.00. The maximum absolute atomic E-state index is 11.7. The Labute approximate surface area is 110 Å². The second kappa shape index (κ2) is 5.55. The van der Waals surface area contributed by atoms with Gasteiger partial charge < -0.3 is 21.1 Å². The molecule has 1 fully saturated rings. The number of hydrogen-bond acceptors (Lipinski definition) is 6. The lowest BCUT2D eigenvalue weighted by Crippen LogP contribution is -2.44. The zero-order valence-corrected chi connectivity index (χ0v) is 10.6. The molecule has 1 aliphatic rings. The molecule has 0 saturated carbocycles. The van der Waals surface area contributed by atoms with Gasteiger partial charge in [-0.25, -0.2) is 9.78 Å². The summed E-state index contributed by atoms with van der Waals surface area (Å²) in [6.45, 7) is 0.683. The Morgan fingerprint density at radius 1 is 1.63 bits per heavy atom. The summed E-state index contributed by atoms with van der Waals surface area (Å²) in [6, 6.07) is 1.10. The Hall–Kier alpha value is -2.31. The summed E-state index contributed by atoms with van der Waals surface area (Å²) in [7, 11) is 1.28. The van der Waals surface area contributed by atoms with Crippen molar-refractivity contribution in [3.63, 3.8) is 0 Å². The number of esters is 1. The van der Waals surface area contributed by atoms with E-state index in [0.717, 1.165) is 6.42 Å². The van der Waals surface area contributed by atoms with Gasteiger partial charge in [-0.05, 0) is 18.9 Å². The number of pyridine rings is 1. The molecule has 1 aromatic rings. The normalized spacial score (nSPS) is 18.6. The zero-order chi connectivity index (χ0) is 13.8. The number of nitrogen functional groups attached to an aromatic ring is 1.